The number of nitriles is 1. The number of hydrogen-bond acceptors (Lipinski definition) is 2. The van der Waals surface area contributed by atoms with E-state index in [9.17, 15) is 0 Å². The Morgan fingerprint density at radius 3 is 2.33 bits per heavy atom. The molecule has 0 unspecified atom stereocenters. The lowest BCUT2D eigenvalue weighted by Gasteiger charge is -2.14. The van der Waals surface area contributed by atoms with E-state index in [-0.39, 0.29) is 0 Å². The lowest BCUT2D eigenvalue weighted by molar-refractivity contribution is 0.473. The molecule has 90 valence electrons. The van der Waals surface area contributed by atoms with Gasteiger partial charge in [-0.1, -0.05) is 24.3 Å². The molecule has 0 heterocycles. The first-order valence-corrected chi connectivity index (χ1v) is 5.87. The van der Waals surface area contributed by atoms with Crippen LogP contribution in [-0.4, -0.2) is 0 Å². The topological polar surface area (TPSA) is 33.0 Å². The Hall–Kier alpha value is -2.27. The molecule has 0 saturated carbocycles. The summed E-state index contributed by atoms with van der Waals surface area (Å²) in [6.07, 6.45) is 0. The van der Waals surface area contributed by atoms with E-state index in [0.717, 1.165) is 16.9 Å². The highest BCUT2D eigenvalue weighted by atomic mass is 16.5. The van der Waals surface area contributed by atoms with Crippen molar-refractivity contribution in [2.75, 3.05) is 0 Å². The molecule has 0 atom stereocenters. The average Bonchev–Trinajstić information content (AvgIpc) is 2.39. The summed E-state index contributed by atoms with van der Waals surface area (Å²) in [4.78, 5) is 0. The number of nitrogens with zero attached hydrogens (tertiary/aromatic N) is 1. The number of benzene rings is 2. The SMILES string of the molecule is Cc1ccc(C)c(Oc2ccccc2C#N)c1C. The molecule has 0 bridgehead atoms. The van der Waals surface area contributed by atoms with Gasteiger partial charge in [-0.25, -0.2) is 0 Å². The molecule has 0 amide bonds. The van der Waals surface area contributed by atoms with Crippen LogP contribution in [0.25, 0.3) is 0 Å². The minimum atomic E-state index is 0.554. The summed E-state index contributed by atoms with van der Waals surface area (Å²) in [5, 5.41) is 9.06. The second kappa shape index (κ2) is 4.93. The van der Waals surface area contributed by atoms with E-state index < -0.39 is 0 Å². The van der Waals surface area contributed by atoms with Crippen molar-refractivity contribution in [2.24, 2.45) is 0 Å². The van der Waals surface area contributed by atoms with Crippen LogP contribution in [0.3, 0.4) is 0 Å². The Kier molecular flexibility index (Phi) is 3.34. The first-order valence-electron chi connectivity index (χ1n) is 5.87. The predicted molar refractivity (Wildman–Crippen MR) is 71.9 cm³/mol. The molecule has 2 rings (SSSR count). The van der Waals surface area contributed by atoms with E-state index in [1.54, 1.807) is 6.07 Å². The van der Waals surface area contributed by atoms with Gasteiger partial charge in [-0.05, 0) is 49.6 Å². The van der Waals surface area contributed by atoms with Crippen molar-refractivity contribution in [1.82, 2.24) is 0 Å². The molecular formula is C16H15NO. The maximum atomic E-state index is 9.06. The van der Waals surface area contributed by atoms with Gasteiger partial charge in [-0.3, -0.25) is 0 Å². The smallest absolute Gasteiger partial charge is 0.145 e. The number of para-hydroxylation sites is 1. The Bertz CT molecular complexity index is 623. The zero-order valence-corrected chi connectivity index (χ0v) is 10.8. The van der Waals surface area contributed by atoms with Gasteiger partial charge in [-0.2, -0.15) is 5.26 Å². The molecule has 0 aliphatic heterocycles. The van der Waals surface area contributed by atoms with Gasteiger partial charge in [0.05, 0.1) is 5.56 Å². The predicted octanol–water partition coefficient (Wildman–Crippen LogP) is 4.28. The van der Waals surface area contributed by atoms with Crippen LogP contribution in [0.15, 0.2) is 36.4 Å². The van der Waals surface area contributed by atoms with Crippen LogP contribution in [0.2, 0.25) is 0 Å². The van der Waals surface area contributed by atoms with Gasteiger partial charge in [-0.15, -0.1) is 0 Å². The van der Waals surface area contributed by atoms with E-state index in [1.807, 2.05) is 38.1 Å². The van der Waals surface area contributed by atoms with Crippen LogP contribution in [0.4, 0.5) is 0 Å². The molecule has 0 saturated heterocycles. The van der Waals surface area contributed by atoms with E-state index >= 15 is 0 Å². The van der Waals surface area contributed by atoms with Crippen LogP contribution < -0.4 is 4.74 Å². The third-order valence-corrected chi connectivity index (χ3v) is 3.09. The third-order valence-electron chi connectivity index (χ3n) is 3.09. The summed E-state index contributed by atoms with van der Waals surface area (Å²) in [6, 6.07) is 13.5. The molecule has 2 nitrogen and oxygen atoms in total. The zero-order chi connectivity index (χ0) is 13.1. The van der Waals surface area contributed by atoms with E-state index in [4.69, 9.17) is 10.00 Å². The molecule has 0 radical (unpaired) electrons. The number of aryl methyl sites for hydroxylation is 2. The quantitative estimate of drug-likeness (QED) is 0.781. The minimum Gasteiger partial charge on any atom is -0.455 e. The Labute approximate surface area is 107 Å². The second-order valence-electron chi connectivity index (χ2n) is 4.36. The van der Waals surface area contributed by atoms with Crippen LogP contribution in [0.5, 0.6) is 11.5 Å². The molecule has 0 fully saturated rings. The van der Waals surface area contributed by atoms with Gasteiger partial charge in [0.15, 0.2) is 0 Å². The second-order valence-corrected chi connectivity index (χ2v) is 4.36. The molecule has 18 heavy (non-hydrogen) atoms. The van der Waals surface area contributed by atoms with Gasteiger partial charge >= 0.3 is 0 Å². The Morgan fingerprint density at radius 2 is 1.61 bits per heavy atom. The molecule has 2 heteroatoms. The van der Waals surface area contributed by atoms with Crippen molar-refractivity contribution in [3.63, 3.8) is 0 Å². The van der Waals surface area contributed by atoms with Crippen molar-refractivity contribution in [3.05, 3.63) is 58.7 Å². The van der Waals surface area contributed by atoms with Crippen LogP contribution >= 0.6 is 0 Å². The van der Waals surface area contributed by atoms with Crippen LogP contribution in [0.1, 0.15) is 22.3 Å². The van der Waals surface area contributed by atoms with Gasteiger partial charge in [0.1, 0.15) is 17.6 Å². The maximum Gasteiger partial charge on any atom is 0.145 e. The van der Waals surface area contributed by atoms with Gasteiger partial charge < -0.3 is 4.74 Å². The van der Waals surface area contributed by atoms with Gasteiger partial charge in [0.2, 0.25) is 0 Å². The molecular weight excluding hydrogens is 222 g/mol. The maximum absolute atomic E-state index is 9.06. The largest absolute Gasteiger partial charge is 0.455 e. The number of hydrogen-bond donors (Lipinski definition) is 0. The first-order chi connectivity index (χ1) is 8.63. The first kappa shape index (κ1) is 12.2. The highest BCUT2D eigenvalue weighted by Crippen LogP contribution is 2.31. The molecule has 0 N–H and O–H groups in total. The number of ether oxygens (including phenoxy) is 1. The van der Waals surface area contributed by atoms with Crippen molar-refractivity contribution in [2.45, 2.75) is 20.8 Å². The van der Waals surface area contributed by atoms with E-state index in [1.165, 1.54) is 5.56 Å². The standard InChI is InChI=1S/C16H15NO/c1-11-8-9-12(2)16(13(11)3)18-15-7-5-4-6-14(15)10-17/h4-9H,1-3H3. The highest BCUT2D eigenvalue weighted by molar-refractivity contribution is 5.50. The van der Waals surface area contributed by atoms with Crippen molar-refractivity contribution >= 4 is 0 Å². The monoisotopic (exact) mass is 237 g/mol. The molecule has 0 aromatic heterocycles. The zero-order valence-electron chi connectivity index (χ0n) is 10.8. The van der Waals surface area contributed by atoms with E-state index in [2.05, 4.69) is 19.1 Å². The summed E-state index contributed by atoms with van der Waals surface area (Å²) < 4.78 is 5.92. The molecule has 2 aromatic carbocycles. The lowest BCUT2D eigenvalue weighted by Crippen LogP contribution is -1.95. The summed E-state index contributed by atoms with van der Waals surface area (Å²) in [5.74, 6) is 1.45. The fourth-order valence-electron chi connectivity index (χ4n) is 1.84. The average molecular weight is 237 g/mol. The molecule has 2 aromatic rings. The van der Waals surface area contributed by atoms with Crippen LogP contribution in [0, 0.1) is 32.1 Å². The normalized spacial score (nSPS) is 9.89. The summed E-state index contributed by atoms with van der Waals surface area (Å²) in [7, 11) is 0. The van der Waals surface area contributed by atoms with Crippen LogP contribution in [-0.2, 0) is 0 Å². The molecule has 0 aliphatic carbocycles. The summed E-state index contributed by atoms with van der Waals surface area (Å²) >= 11 is 0. The Morgan fingerprint density at radius 1 is 0.944 bits per heavy atom. The van der Waals surface area contributed by atoms with Crippen molar-refractivity contribution in [1.29, 1.82) is 5.26 Å². The molecule has 0 aliphatic rings. The fraction of sp³-hybridized carbons (Fsp3) is 0.188. The molecule has 0 spiro atoms. The Balaban J connectivity index is 2.47. The van der Waals surface area contributed by atoms with Gasteiger partial charge in [0.25, 0.3) is 0 Å². The third kappa shape index (κ3) is 2.21. The van der Waals surface area contributed by atoms with Crippen molar-refractivity contribution in [3.8, 4) is 17.6 Å². The van der Waals surface area contributed by atoms with E-state index in [0.29, 0.717) is 11.3 Å². The van der Waals surface area contributed by atoms with Gasteiger partial charge in [0, 0.05) is 0 Å². The highest BCUT2D eigenvalue weighted by Gasteiger charge is 2.09. The fourth-order valence-corrected chi connectivity index (χ4v) is 1.84. The lowest BCUT2D eigenvalue weighted by atomic mass is 10.1. The number of rotatable bonds is 2. The summed E-state index contributed by atoms with van der Waals surface area (Å²) in [5.41, 5.74) is 3.93. The minimum absolute atomic E-state index is 0.554. The summed E-state index contributed by atoms with van der Waals surface area (Å²) in [6.45, 7) is 6.10. The van der Waals surface area contributed by atoms with Crippen molar-refractivity contribution < 1.29 is 4.74 Å².